The summed E-state index contributed by atoms with van der Waals surface area (Å²) in [4.78, 5) is 24.4. The van der Waals surface area contributed by atoms with Gasteiger partial charge in [-0.3, -0.25) is 4.79 Å². The van der Waals surface area contributed by atoms with E-state index >= 15 is 0 Å². The first-order valence-corrected chi connectivity index (χ1v) is 8.21. The third-order valence-electron chi connectivity index (χ3n) is 4.32. The van der Waals surface area contributed by atoms with Crippen LogP contribution >= 0.6 is 0 Å². The molecule has 1 N–H and O–H groups in total. The highest BCUT2D eigenvalue weighted by Gasteiger charge is 2.19. The minimum absolute atomic E-state index is 0.134. The fourth-order valence-corrected chi connectivity index (χ4v) is 2.91. The van der Waals surface area contributed by atoms with Crippen LogP contribution in [0.5, 0.6) is 0 Å². The number of amides is 1. The predicted octanol–water partition coefficient (Wildman–Crippen LogP) is 2.51. The number of anilines is 3. The van der Waals surface area contributed by atoms with E-state index in [-0.39, 0.29) is 5.91 Å². The Morgan fingerprint density at radius 2 is 1.88 bits per heavy atom. The Balaban J connectivity index is 1.71. The van der Waals surface area contributed by atoms with Crippen LogP contribution in [0.15, 0.2) is 30.5 Å². The zero-order chi connectivity index (χ0) is 17.1. The normalized spacial score (nSPS) is 14.6. The molecule has 0 aliphatic carbocycles. The summed E-state index contributed by atoms with van der Waals surface area (Å²) in [5.41, 5.74) is 3.41. The van der Waals surface area contributed by atoms with Crippen LogP contribution in [0.2, 0.25) is 0 Å². The summed E-state index contributed by atoms with van der Waals surface area (Å²) >= 11 is 0. The summed E-state index contributed by atoms with van der Waals surface area (Å²) in [5.74, 6) is 1.61. The molecule has 0 spiro atoms. The molecule has 0 bridgehead atoms. The van der Waals surface area contributed by atoms with Crippen LogP contribution in [-0.4, -0.2) is 47.0 Å². The van der Waals surface area contributed by atoms with Crippen LogP contribution in [0, 0.1) is 13.8 Å². The maximum absolute atomic E-state index is 11.4. The summed E-state index contributed by atoms with van der Waals surface area (Å²) in [6.07, 6.45) is 1.77. The molecule has 1 amide bonds. The van der Waals surface area contributed by atoms with E-state index in [1.54, 1.807) is 13.1 Å². The zero-order valence-corrected chi connectivity index (χ0v) is 14.4. The number of hydrogen-bond acceptors (Lipinski definition) is 5. The molecule has 3 rings (SSSR count). The summed E-state index contributed by atoms with van der Waals surface area (Å²) < 4.78 is 0. The lowest BCUT2D eigenvalue weighted by atomic mass is 10.1. The number of hydrogen-bond donors (Lipinski definition) is 1. The quantitative estimate of drug-likeness (QED) is 0.939. The number of carbonyl (C=O) groups excluding carboxylic acids is 1. The second kappa shape index (κ2) is 6.86. The van der Waals surface area contributed by atoms with Gasteiger partial charge in [-0.15, -0.1) is 0 Å². The van der Waals surface area contributed by atoms with Crippen LogP contribution in [-0.2, 0) is 4.79 Å². The van der Waals surface area contributed by atoms with Crippen molar-refractivity contribution in [1.82, 2.24) is 14.9 Å². The molecule has 0 unspecified atom stereocenters. The zero-order valence-electron chi connectivity index (χ0n) is 14.4. The highest BCUT2D eigenvalue weighted by molar-refractivity contribution is 5.73. The van der Waals surface area contributed by atoms with Gasteiger partial charge in [-0.05, 0) is 31.5 Å². The monoisotopic (exact) mass is 325 g/mol. The highest BCUT2D eigenvalue weighted by Crippen LogP contribution is 2.21. The van der Waals surface area contributed by atoms with Gasteiger partial charge in [0.15, 0.2) is 0 Å². The van der Waals surface area contributed by atoms with Gasteiger partial charge in [0.05, 0.1) is 0 Å². The predicted molar refractivity (Wildman–Crippen MR) is 95.7 cm³/mol. The average molecular weight is 325 g/mol. The van der Waals surface area contributed by atoms with Gasteiger partial charge in [0.1, 0.15) is 5.82 Å². The maximum Gasteiger partial charge on any atom is 0.229 e. The van der Waals surface area contributed by atoms with Gasteiger partial charge >= 0.3 is 0 Å². The molecule has 1 aromatic carbocycles. The number of rotatable bonds is 3. The van der Waals surface area contributed by atoms with Crippen molar-refractivity contribution in [3.8, 4) is 0 Å². The second-order valence-corrected chi connectivity index (χ2v) is 6.17. The molecule has 0 radical (unpaired) electrons. The Morgan fingerprint density at radius 3 is 2.54 bits per heavy atom. The topological polar surface area (TPSA) is 61.4 Å². The van der Waals surface area contributed by atoms with Crippen LogP contribution in [0.25, 0.3) is 0 Å². The summed E-state index contributed by atoms with van der Waals surface area (Å²) in [6.45, 7) is 8.82. The number of benzene rings is 1. The molecular formula is C18H23N5O. The number of piperazine rings is 1. The lowest BCUT2D eigenvalue weighted by Gasteiger charge is -2.34. The number of aromatic nitrogens is 2. The maximum atomic E-state index is 11.4. The molecule has 0 atom stereocenters. The molecule has 0 saturated carbocycles. The van der Waals surface area contributed by atoms with E-state index in [0.717, 1.165) is 37.7 Å². The van der Waals surface area contributed by atoms with Crippen LogP contribution in [0.1, 0.15) is 18.1 Å². The van der Waals surface area contributed by atoms with Crippen molar-refractivity contribution >= 4 is 23.4 Å². The van der Waals surface area contributed by atoms with E-state index < -0.39 is 0 Å². The Bertz CT molecular complexity index is 738. The van der Waals surface area contributed by atoms with Gasteiger partial charge < -0.3 is 15.1 Å². The van der Waals surface area contributed by atoms with Gasteiger partial charge in [-0.25, -0.2) is 4.98 Å². The molecule has 2 aromatic rings. The number of nitrogens with zero attached hydrogens (tertiary/aromatic N) is 4. The molecule has 126 valence electrons. The molecule has 1 fully saturated rings. The van der Waals surface area contributed by atoms with Crippen molar-refractivity contribution in [3.05, 3.63) is 41.6 Å². The smallest absolute Gasteiger partial charge is 0.229 e. The molecule has 2 heterocycles. The van der Waals surface area contributed by atoms with Gasteiger partial charge in [0.25, 0.3) is 0 Å². The number of carbonyl (C=O) groups is 1. The first-order valence-electron chi connectivity index (χ1n) is 8.21. The highest BCUT2D eigenvalue weighted by atomic mass is 16.2. The molecule has 1 aromatic heterocycles. The van der Waals surface area contributed by atoms with E-state index in [9.17, 15) is 4.79 Å². The van der Waals surface area contributed by atoms with Crippen molar-refractivity contribution in [1.29, 1.82) is 0 Å². The largest absolute Gasteiger partial charge is 0.353 e. The van der Waals surface area contributed by atoms with E-state index in [0.29, 0.717) is 5.95 Å². The van der Waals surface area contributed by atoms with Crippen molar-refractivity contribution < 1.29 is 4.79 Å². The third-order valence-corrected chi connectivity index (χ3v) is 4.32. The SMILES string of the molecule is CC(=O)N1CCN(c2ccnc(Nc3ccc(C)cc3C)n2)CC1. The fourth-order valence-electron chi connectivity index (χ4n) is 2.91. The van der Waals surface area contributed by atoms with Crippen LogP contribution in [0.3, 0.4) is 0 Å². The van der Waals surface area contributed by atoms with Gasteiger partial charge in [0, 0.05) is 45.0 Å². The Kier molecular flexibility index (Phi) is 4.64. The van der Waals surface area contributed by atoms with Crippen molar-refractivity contribution in [2.75, 3.05) is 36.4 Å². The first kappa shape index (κ1) is 16.2. The number of aryl methyl sites for hydroxylation is 2. The Labute approximate surface area is 142 Å². The van der Waals surface area contributed by atoms with Crippen molar-refractivity contribution in [3.63, 3.8) is 0 Å². The van der Waals surface area contributed by atoms with Crippen LogP contribution in [0.4, 0.5) is 17.5 Å². The fraction of sp³-hybridized carbons (Fsp3) is 0.389. The van der Waals surface area contributed by atoms with E-state index in [2.05, 4.69) is 46.2 Å². The van der Waals surface area contributed by atoms with Gasteiger partial charge in [-0.2, -0.15) is 4.98 Å². The second-order valence-electron chi connectivity index (χ2n) is 6.17. The minimum atomic E-state index is 0.134. The Hall–Kier alpha value is -2.63. The first-order chi connectivity index (χ1) is 11.5. The molecule has 1 aliphatic heterocycles. The van der Waals surface area contributed by atoms with E-state index in [1.807, 2.05) is 17.0 Å². The van der Waals surface area contributed by atoms with Crippen molar-refractivity contribution in [2.45, 2.75) is 20.8 Å². The summed E-state index contributed by atoms with van der Waals surface area (Å²) in [7, 11) is 0. The Morgan fingerprint density at radius 1 is 1.12 bits per heavy atom. The molecule has 6 heteroatoms. The summed E-state index contributed by atoms with van der Waals surface area (Å²) in [6, 6.07) is 8.16. The minimum Gasteiger partial charge on any atom is -0.353 e. The van der Waals surface area contributed by atoms with Gasteiger partial charge in [0.2, 0.25) is 11.9 Å². The average Bonchev–Trinajstić information content (AvgIpc) is 2.58. The standard InChI is InChI=1S/C18H23N5O/c1-13-4-5-16(14(2)12-13)20-18-19-7-6-17(21-18)23-10-8-22(9-11-23)15(3)24/h4-7,12H,8-11H2,1-3H3,(H,19,20,21). The molecular weight excluding hydrogens is 302 g/mol. The van der Waals surface area contributed by atoms with Crippen LogP contribution < -0.4 is 10.2 Å². The molecule has 1 saturated heterocycles. The lowest BCUT2D eigenvalue weighted by Crippen LogP contribution is -2.48. The van der Waals surface area contributed by atoms with Gasteiger partial charge in [-0.1, -0.05) is 17.7 Å². The lowest BCUT2D eigenvalue weighted by molar-refractivity contribution is -0.129. The van der Waals surface area contributed by atoms with E-state index in [4.69, 9.17) is 0 Å². The summed E-state index contributed by atoms with van der Waals surface area (Å²) in [5, 5.41) is 3.29. The molecule has 1 aliphatic rings. The molecule has 24 heavy (non-hydrogen) atoms. The number of nitrogens with one attached hydrogen (secondary N) is 1. The molecule has 6 nitrogen and oxygen atoms in total. The van der Waals surface area contributed by atoms with E-state index in [1.165, 1.54) is 11.1 Å². The van der Waals surface area contributed by atoms with Crippen molar-refractivity contribution in [2.24, 2.45) is 0 Å². The third kappa shape index (κ3) is 3.64.